The van der Waals surface area contributed by atoms with Gasteiger partial charge in [0.2, 0.25) is 0 Å². The molecule has 12 heteroatoms. The molecule has 0 aromatic carbocycles. The standard InChI is InChI=1S/C6H13O9P.2Na/c7-1-2-3(8)4(9)5(10)6(14-2)15-16(11,12)13;;/h2-10H,1H2,(H2,11,12,13);;/q;2*+1/p-2/t2-,3+,4+,5-,6?;;/m1../s1. The van der Waals surface area contributed by atoms with Crippen molar-refractivity contribution in [2.45, 2.75) is 30.7 Å². The van der Waals surface area contributed by atoms with E-state index in [9.17, 15) is 29.7 Å². The van der Waals surface area contributed by atoms with E-state index < -0.39 is 45.1 Å². The van der Waals surface area contributed by atoms with Crippen molar-refractivity contribution in [3.63, 3.8) is 0 Å². The van der Waals surface area contributed by atoms with Crippen LogP contribution in [0.1, 0.15) is 0 Å². The molecule has 1 aliphatic rings. The molecule has 1 aliphatic heterocycles. The van der Waals surface area contributed by atoms with Crippen LogP contribution in [-0.4, -0.2) is 57.7 Å². The maximum Gasteiger partial charge on any atom is 1.00 e. The molecule has 0 aromatic rings. The summed E-state index contributed by atoms with van der Waals surface area (Å²) in [5.41, 5.74) is 0. The first-order valence-corrected chi connectivity index (χ1v) is 5.73. The van der Waals surface area contributed by atoms with Gasteiger partial charge in [-0.25, -0.2) is 0 Å². The first-order valence-electron chi connectivity index (χ1n) is 4.27. The van der Waals surface area contributed by atoms with Gasteiger partial charge >= 0.3 is 59.1 Å². The van der Waals surface area contributed by atoms with Gasteiger partial charge in [-0.3, -0.25) is 0 Å². The number of phosphoric ester groups is 1. The van der Waals surface area contributed by atoms with E-state index in [1.54, 1.807) is 0 Å². The van der Waals surface area contributed by atoms with Crippen LogP contribution in [0.2, 0.25) is 0 Å². The second-order valence-electron chi connectivity index (χ2n) is 3.25. The zero-order valence-corrected chi connectivity index (χ0v) is 14.8. The summed E-state index contributed by atoms with van der Waals surface area (Å²) in [5.74, 6) is 0. The minimum absolute atomic E-state index is 0. The summed E-state index contributed by atoms with van der Waals surface area (Å²) < 4.78 is 18.7. The summed E-state index contributed by atoms with van der Waals surface area (Å²) in [6, 6.07) is 0. The Balaban J connectivity index is 0. The monoisotopic (exact) mass is 304 g/mol. The third kappa shape index (κ3) is 6.13. The van der Waals surface area contributed by atoms with Gasteiger partial charge in [0.1, 0.15) is 24.4 Å². The molecule has 0 bridgehead atoms. The molecule has 9 nitrogen and oxygen atoms in total. The zero-order chi connectivity index (χ0) is 12.5. The van der Waals surface area contributed by atoms with Gasteiger partial charge in [0.05, 0.1) is 14.4 Å². The van der Waals surface area contributed by atoms with Crippen molar-refractivity contribution in [3.05, 3.63) is 0 Å². The van der Waals surface area contributed by atoms with Crippen molar-refractivity contribution >= 4 is 7.82 Å². The van der Waals surface area contributed by atoms with E-state index in [-0.39, 0.29) is 59.1 Å². The third-order valence-electron chi connectivity index (χ3n) is 2.08. The number of hydrogen-bond donors (Lipinski definition) is 4. The summed E-state index contributed by atoms with van der Waals surface area (Å²) in [4.78, 5) is 20.6. The average Bonchev–Trinajstić information content (AvgIpc) is 2.17. The Bertz CT molecular complexity index is 284. The van der Waals surface area contributed by atoms with Crippen LogP contribution in [0.4, 0.5) is 0 Å². The van der Waals surface area contributed by atoms with Crippen LogP contribution in [0.3, 0.4) is 0 Å². The van der Waals surface area contributed by atoms with Crippen LogP contribution in [0, 0.1) is 0 Å². The number of ether oxygens (including phenoxy) is 1. The first kappa shape index (κ1) is 22.2. The van der Waals surface area contributed by atoms with E-state index in [2.05, 4.69) is 9.26 Å². The summed E-state index contributed by atoms with van der Waals surface area (Å²) in [6.07, 6.45) is -8.61. The number of phosphoric acid groups is 1. The fraction of sp³-hybridized carbons (Fsp3) is 1.00. The number of hydrogen-bond acceptors (Lipinski definition) is 9. The molecule has 18 heavy (non-hydrogen) atoms. The summed E-state index contributed by atoms with van der Waals surface area (Å²) in [5, 5.41) is 36.5. The molecule has 1 unspecified atom stereocenters. The van der Waals surface area contributed by atoms with Crippen LogP contribution in [0.5, 0.6) is 0 Å². The van der Waals surface area contributed by atoms with E-state index in [0.29, 0.717) is 0 Å². The van der Waals surface area contributed by atoms with E-state index in [1.807, 2.05) is 0 Å². The molecule has 1 heterocycles. The Hall–Kier alpha value is 1.91. The fourth-order valence-electron chi connectivity index (χ4n) is 1.28. The second kappa shape index (κ2) is 9.04. The van der Waals surface area contributed by atoms with Gasteiger partial charge < -0.3 is 44.0 Å². The van der Waals surface area contributed by atoms with E-state index in [1.165, 1.54) is 0 Å². The van der Waals surface area contributed by atoms with Gasteiger partial charge in [0, 0.05) is 0 Å². The van der Waals surface area contributed by atoms with Crippen LogP contribution < -0.4 is 68.9 Å². The molecule has 5 atom stereocenters. The molecular formula is C6H11Na2O9P. The van der Waals surface area contributed by atoms with Crippen molar-refractivity contribution in [2.75, 3.05) is 6.61 Å². The number of rotatable bonds is 3. The molecule has 4 N–H and O–H groups in total. The molecule has 0 aliphatic carbocycles. The molecule has 0 saturated carbocycles. The topological polar surface area (TPSA) is 163 Å². The second-order valence-corrected chi connectivity index (χ2v) is 4.36. The predicted octanol–water partition coefficient (Wildman–Crippen LogP) is -10.4. The molecule has 1 saturated heterocycles. The average molecular weight is 304 g/mol. The van der Waals surface area contributed by atoms with E-state index in [4.69, 9.17) is 5.11 Å². The van der Waals surface area contributed by atoms with Gasteiger partial charge in [-0.1, -0.05) is 0 Å². The summed E-state index contributed by atoms with van der Waals surface area (Å²) in [7, 11) is -5.41. The Morgan fingerprint density at radius 1 is 1.11 bits per heavy atom. The minimum Gasteiger partial charge on any atom is -0.790 e. The first-order chi connectivity index (χ1) is 7.26. The minimum atomic E-state index is -5.41. The molecule has 1 rings (SSSR count). The Morgan fingerprint density at radius 2 is 1.61 bits per heavy atom. The van der Waals surface area contributed by atoms with Crippen LogP contribution in [0.15, 0.2) is 0 Å². The molecule has 0 amide bonds. The van der Waals surface area contributed by atoms with Gasteiger partial charge in [0.15, 0.2) is 6.29 Å². The predicted molar refractivity (Wildman–Crippen MR) is 42.5 cm³/mol. The molecule has 0 spiro atoms. The number of aliphatic hydroxyl groups is 4. The molecule has 0 radical (unpaired) electrons. The van der Waals surface area contributed by atoms with Crippen LogP contribution in [-0.2, 0) is 13.8 Å². The molecule has 0 aromatic heterocycles. The van der Waals surface area contributed by atoms with Gasteiger partial charge in [-0.15, -0.1) is 0 Å². The van der Waals surface area contributed by atoms with Crippen molar-refractivity contribution < 1.29 is 103 Å². The molecular weight excluding hydrogens is 293 g/mol. The Kier molecular flexibility index (Phi) is 11.1. The summed E-state index contributed by atoms with van der Waals surface area (Å²) >= 11 is 0. The fourth-order valence-corrected chi connectivity index (χ4v) is 1.71. The van der Waals surface area contributed by atoms with Gasteiger partial charge in [-0.2, -0.15) is 0 Å². The Morgan fingerprint density at radius 3 is 2.00 bits per heavy atom. The zero-order valence-electron chi connectivity index (χ0n) is 9.87. The van der Waals surface area contributed by atoms with E-state index in [0.717, 1.165) is 0 Å². The molecule has 1 fully saturated rings. The van der Waals surface area contributed by atoms with Crippen LogP contribution >= 0.6 is 7.82 Å². The third-order valence-corrected chi connectivity index (χ3v) is 2.55. The van der Waals surface area contributed by atoms with E-state index >= 15 is 0 Å². The maximum atomic E-state index is 10.3. The Labute approximate surface area is 147 Å². The van der Waals surface area contributed by atoms with Crippen LogP contribution in [0.25, 0.3) is 0 Å². The van der Waals surface area contributed by atoms with Gasteiger partial charge in [-0.05, 0) is 0 Å². The smallest absolute Gasteiger partial charge is 0.790 e. The van der Waals surface area contributed by atoms with Crippen molar-refractivity contribution in [2.24, 2.45) is 0 Å². The van der Waals surface area contributed by atoms with Crippen molar-refractivity contribution in [3.8, 4) is 0 Å². The largest absolute Gasteiger partial charge is 1.00 e. The van der Waals surface area contributed by atoms with Crippen molar-refractivity contribution in [1.29, 1.82) is 0 Å². The van der Waals surface area contributed by atoms with Gasteiger partial charge in [0.25, 0.3) is 0 Å². The van der Waals surface area contributed by atoms with Crippen molar-refractivity contribution in [1.82, 2.24) is 0 Å². The molecule has 96 valence electrons. The maximum absolute atomic E-state index is 10.3. The summed E-state index contributed by atoms with van der Waals surface area (Å²) in [6.45, 7) is -0.743. The number of aliphatic hydroxyl groups excluding tert-OH is 4. The normalized spacial score (nSPS) is 36.4. The quantitative estimate of drug-likeness (QED) is 0.293. The SMILES string of the molecule is O=P([O-])([O-])OC1O[C@H](CO)[C@H](O)[C@H](O)[C@H]1O.[Na+].[Na+].